The van der Waals surface area contributed by atoms with E-state index in [1.807, 2.05) is 43.3 Å². The van der Waals surface area contributed by atoms with Gasteiger partial charge in [-0.25, -0.2) is 4.98 Å². The molecule has 4 rings (SSSR count). The first-order valence-corrected chi connectivity index (χ1v) is 12.7. The van der Waals surface area contributed by atoms with Crippen molar-refractivity contribution in [3.05, 3.63) is 53.5 Å². The van der Waals surface area contributed by atoms with Crippen LogP contribution in [0.5, 0.6) is 0 Å². The summed E-state index contributed by atoms with van der Waals surface area (Å²) in [5.74, 6) is 0.649. The molecule has 0 unspecified atom stereocenters. The second kappa shape index (κ2) is 10.4. The number of hydrogen-bond donors (Lipinski definition) is 0. The number of para-hydroxylation sites is 1. The van der Waals surface area contributed by atoms with Crippen molar-refractivity contribution in [2.75, 3.05) is 30.8 Å². The Bertz CT molecular complexity index is 1180. The van der Waals surface area contributed by atoms with Gasteiger partial charge in [0.2, 0.25) is 11.8 Å². The van der Waals surface area contributed by atoms with Crippen LogP contribution in [0.4, 0.5) is 5.69 Å². The Morgan fingerprint density at radius 3 is 2.52 bits per heavy atom. The third kappa shape index (κ3) is 5.20. The maximum atomic E-state index is 12.8. The molecule has 172 valence electrons. The van der Waals surface area contributed by atoms with E-state index in [0.29, 0.717) is 11.1 Å². The second-order valence-corrected chi connectivity index (χ2v) is 9.57. The molecule has 9 heteroatoms. The highest BCUT2D eigenvalue weighted by atomic mass is 32.2. The molecule has 0 saturated heterocycles. The van der Waals surface area contributed by atoms with Crippen LogP contribution in [0.1, 0.15) is 31.8 Å². The number of carbonyl (C=O) groups is 1. The Hall–Kier alpha value is -2.91. The smallest absolute Gasteiger partial charge is 0.277 e. The summed E-state index contributed by atoms with van der Waals surface area (Å²) in [5.41, 5.74) is 2.98. The number of aromatic nitrogens is 3. The van der Waals surface area contributed by atoms with Gasteiger partial charge < -0.3 is 14.2 Å². The topological polar surface area (TPSA) is 75.4 Å². The van der Waals surface area contributed by atoms with Crippen LogP contribution in [0.3, 0.4) is 0 Å². The molecule has 4 aromatic rings. The molecule has 1 atom stereocenters. The molecule has 7 nitrogen and oxygen atoms in total. The van der Waals surface area contributed by atoms with E-state index < -0.39 is 0 Å². The fraction of sp³-hybridized carbons (Fsp3) is 0.333. The van der Waals surface area contributed by atoms with Crippen LogP contribution in [0.15, 0.2) is 58.2 Å². The van der Waals surface area contributed by atoms with E-state index in [-0.39, 0.29) is 17.7 Å². The summed E-state index contributed by atoms with van der Waals surface area (Å²) in [7, 11) is 1.80. The summed E-state index contributed by atoms with van der Waals surface area (Å²) in [5, 5.41) is 9.55. The molecule has 0 aliphatic carbocycles. The number of nitrogens with zero attached hydrogens (tertiary/aromatic N) is 5. The fourth-order valence-electron chi connectivity index (χ4n) is 3.46. The van der Waals surface area contributed by atoms with E-state index in [1.165, 1.54) is 11.8 Å². The number of thioether (sulfide) groups is 1. The van der Waals surface area contributed by atoms with Crippen molar-refractivity contribution in [2.24, 2.45) is 0 Å². The molecule has 0 spiro atoms. The number of carbonyl (C=O) groups excluding carboxylic acids is 1. The van der Waals surface area contributed by atoms with Gasteiger partial charge in [-0.1, -0.05) is 23.9 Å². The van der Waals surface area contributed by atoms with Crippen LogP contribution in [0.2, 0.25) is 0 Å². The van der Waals surface area contributed by atoms with Crippen LogP contribution >= 0.6 is 23.1 Å². The Balaban J connectivity index is 1.36. The maximum Gasteiger partial charge on any atom is 0.277 e. The van der Waals surface area contributed by atoms with Gasteiger partial charge in [0, 0.05) is 31.4 Å². The second-order valence-electron chi connectivity index (χ2n) is 7.58. The molecule has 0 radical (unpaired) electrons. The molecule has 0 aliphatic heterocycles. The molecular formula is C24H27N5O2S2. The lowest BCUT2D eigenvalue weighted by molar-refractivity contribution is -0.128. The highest BCUT2D eigenvalue weighted by molar-refractivity contribution is 7.99. The van der Waals surface area contributed by atoms with Gasteiger partial charge in [-0.2, -0.15) is 0 Å². The van der Waals surface area contributed by atoms with Crippen molar-refractivity contribution in [1.82, 2.24) is 20.1 Å². The van der Waals surface area contributed by atoms with Gasteiger partial charge in [-0.3, -0.25) is 4.79 Å². The largest absolute Gasteiger partial charge is 0.411 e. The maximum absolute atomic E-state index is 12.8. The van der Waals surface area contributed by atoms with E-state index in [0.717, 1.165) is 39.6 Å². The van der Waals surface area contributed by atoms with E-state index in [9.17, 15) is 4.79 Å². The molecule has 2 aromatic carbocycles. The van der Waals surface area contributed by atoms with Gasteiger partial charge in [0.25, 0.3) is 5.22 Å². The van der Waals surface area contributed by atoms with Crippen LogP contribution in [0.25, 0.3) is 21.7 Å². The average molecular weight is 482 g/mol. The van der Waals surface area contributed by atoms with Gasteiger partial charge >= 0.3 is 0 Å². The van der Waals surface area contributed by atoms with Gasteiger partial charge in [0.05, 0.1) is 22.0 Å². The Labute approximate surface area is 201 Å². The van der Waals surface area contributed by atoms with Crippen molar-refractivity contribution in [2.45, 2.75) is 32.0 Å². The van der Waals surface area contributed by atoms with Crippen LogP contribution < -0.4 is 4.90 Å². The molecule has 2 aromatic heterocycles. The molecule has 0 aliphatic rings. The Morgan fingerprint density at radius 2 is 1.82 bits per heavy atom. The highest BCUT2D eigenvalue weighted by Crippen LogP contribution is 2.30. The lowest BCUT2D eigenvalue weighted by Crippen LogP contribution is -2.31. The number of hydrogen-bond acceptors (Lipinski definition) is 8. The summed E-state index contributed by atoms with van der Waals surface area (Å²) >= 11 is 2.86. The molecule has 0 saturated carbocycles. The minimum atomic E-state index is -0.113. The minimum Gasteiger partial charge on any atom is -0.411 e. The van der Waals surface area contributed by atoms with Gasteiger partial charge in [0.1, 0.15) is 5.01 Å². The number of thiazole rings is 1. The standard InChI is InChI=1S/C24H27N5O2S2/c1-5-29(6-2)18-13-11-17(12-14-18)22-26-27-24(31-22)32-15-21(30)28(4)16(3)23-25-19-9-7-8-10-20(19)33-23/h7-14,16H,5-6,15H2,1-4H3/t16-/m0/s1. The predicted molar refractivity (Wildman–Crippen MR) is 135 cm³/mol. The molecule has 1 amide bonds. The summed E-state index contributed by atoms with van der Waals surface area (Å²) < 4.78 is 6.91. The van der Waals surface area contributed by atoms with E-state index in [2.05, 4.69) is 46.1 Å². The van der Waals surface area contributed by atoms with Crippen molar-refractivity contribution >= 4 is 44.9 Å². The number of benzene rings is 2. The molecule has 0 fully saturated rings. The first-order chi connectivity index (χ1) is 16.0. The summed E-state index contributed by atoms with van der Waals surface area (Å²) in [6.45, 7) is 8.18. The SMILES string of the molecule is CCN(CC)c1ccc(-c2nnc(SCC(=O)N(C)[C@@H](C)c3nc4ccccc4s3)o2)cc1. The molecule has 0 bridgehead atoms. The van der Waals surface area contributed by atoms with Crippen LogP contribution in [-0.4, -0.2) is 51.9 Å². The number of fused-ring (bicyclic) bond motifs is 1. The molecular weight excluding hydrogens is 454 g/mol. The zero-order valence-electron chi connectivity index (χ0n) is 19.2. The molecule has 0 N–H and O–H groups in total. The predicted octanol–water partition coefficient (Wildman–Crippen LogP) is 5.50. The lowest BCUT2D eigenvalue weighted by Gasteiger charge is -2.22. The normalized spacial score (nSPS) is 12.1. The van der Waals surface area contributed by atoms with Gasteiger partial charge in [-0.15, -0.1) is 21.5 Å². The lowest BCUT2D eigenvalue weighted by atomic mass is 10.2. The average Bonchev–Trinajstić information content (AvgIpc) is 3.50. The minimum absolute atomic E-state index is 0.0184. The van der Waals surface area contributed by atoms with Gasteiger partial charge in [0.15, 0.2) is 0 Å². The molecule has 2 heterocycles. The van der Waals surface area contributed by atoms with Gasteiger partial charge in [-0.05, 0) is 57.2 Å². The van der Waals surface area contributed by atoms with Crippen LogP contribution in [-0.2, 0) is 4.79 Å². The van der Waals surface area contributed by atoms with E-state index in [1.54, 1.807) is 23.3 Å². The van der Waals surface area contributed by atoms with Crippen molar-refractivity contribution < 1.29 is 9.21 Å². The summed E-state index contributed by atoms with van der Waals surface area (Å²) in [6, 6.07) is 16.0. The number of anilines is 1. The van der Waals surface area contributed by atoms with E-state index in [4.69, 9.17) is 4.42 Å². The van der Waals surface area contributed by atoms with Crippen molar-refractivity contribution in [3.8, 4) is 11.5 Å². The van der Waals surface area contributed by atoms with E-state index >= 15 is 0 Å². The summed E-state index contributed by atoms with van der Waals surface area (Å²) in [4.78, 5) is 21.4. The van der Waals surface area contributed by atoms with Crippen molar-refractivity contribution in [1.29, 1.82) is 0 Å². The summed E-state index contributed by atoms with van der Waals surface area (Å²) in [6.07, 6.45) is 0. The zero-order valence-corrected chi connectivity index (χ0v) is 20.8. The molecule has 33 heavy (non-hydrogen) atoms. The Kier molecular flexibility index (Phi) is 7.29. The number of rotatable bonds is 9. The monoisotopic (exact) mass is 481 g/mol. The third-order valence-electron chi connectivity index (χ3n) is 5.61. The number of amides is 1. The van der Waals surface area contributed by atoms with Crippen molar-refractivity contribution in [3.63, 3.8) is 0 Å². The Morgan fingerprint density at radius 1 is 1.09 bits per heavy atom. The quantitative estimate of drug-likeness (QED) is 0.292. The first kappa shape index (κ1) is 23.3. The van der Waals surface area contributed by atoms with Crippen LogP contribution in [0, 0.1) is 0 Å². The fourth-order valence-corrected chi connectivity index (χ4v) is 5.21. The zero-order chi connectivity index (χ0) is 23.4. The highest BCUT2D eigenvalue weighted by Gasteiger charge is 2.21. The third-order valence-corrected chi connectivity index (χ3v) is 7.62. The first-order valence-electron chi connectivity index (χ1n) is 10.9.